The average Bonchev–Trinajstić information content (AvgIpc) is 2.23. The Morgan fingerprint density at radius 2 is 2.07 bits per heavy atom. The van der Waals surface area contributed by atoms with Crippen molar-refractivity contribution in [1.82, 2.24) is 5.32 Å². The quantitative estimate of drug-likeness (QED) is 0.701. The highest BCUT2D eigenvalue weighted by atomic mass is 32.2. The molecule has 0 saturated heterocycles. The maximum Gasteiger partial charge on any atom is 0.237 e. The zero-order chi connectivity index (χ0) is 11.8. The molecule has 0 saturated carbocycles. The van der Waals surface area contributed by atoms with Crippen LogP contribution in [0.15, 0.2) is 0 Å². The van der Waals surface area contributed by atoms with Gasteiger partial charge < -0.3 is 11.1 Å². The first kappa shape index (κ1) is 14.8. The molecule has 0 aromatic carbocycles. The Morgan fingerprint density at radius 1 is 1.47 bits per heavy atom. The smallest absolute Gasteiger partial charge is 0.237 e. The van der Waals surface area contributed by atoms with E-state index >= 15 is 0 Å². The number of hydrogen-bond donors (Lipinski definition) is 2. The van der Waals surface area contributed by atoms with Gasteiger partial charge >= 0.3 is 0 Å². The Bertz CT molecular complexity index is 187. The minimum absolute atomic E-state index is 0.0158. The van der Waals surface area contributed by atoms with Crippen LogP contribution in [0, 0.1) is 5.92 Å². The van der Waals surface area contributed by atoms with Crippen molar-refractivity contribution in [2.24, 2.45) is 11.7 Å². The van der Waals surface area contributed by atoms with E-state index in [0.29, 0.717) is 0 Å². The standard InChI is InChI=1S/C11H24N2OS/c1-5-8(2)10(12)11(14)13-9(3)6-7-15-4/h8-10H,5-7,12H2,1-4H3,(H,13,14)/t8-,9?,10-/m0/s1. The van der Waals surface area contributed by atoms with E-state index in [1.165, 1.54) is 0 Å². The first-order chi connectivity index (χ1) is 7.02. The zero-order valence-electron chi connectivity index (χ0n) is 10.2. The molecular formula is C11H24N2OS. The van der Waals surface area contributed by atoms with Crippen LogP contribution in [0.5, 0.6) is 0 Å². The number of nitrogens with one attached hydrogen (secondary N) is 1. The third-order valence-corrected chi connectivity index (χ3v) is 3.35. The van der Waals surface area contributed by atoms with Crippen molar-refractivity contribution < 1.29 is 4.79 Å². The fourth-order valence-corrected chi connectivity index (χ4v) is 1.81. The summed E-state index contributed by atoms with van der Waals surface area (Å²) in [6.07, 6.45) is 4.01. The van der Waals surface area contributed by atoms with E-state index in [1.54, 1.807) is 11.8 Å². The maximum atomic E-state index is 11.7. The molecule has 0 rings (SSSR count). The molecule has 4 heteroatoms. The third kappa shape index (κ3) is 6.05. The van der Waals surface area contributed by atoms with Gasteiger partial charge in [0.1, 0.15) is 0 Å². The van der Waals surface area contributed by atoms with E-state index < -0.39 is 0 Å². The molecule has 0 heterocycles. The summed E-state index contributed by atoms with van der Waals surface area (Å²) >= 11 is 1.79. The molecule has 1 amide bonds. The minimum atomic E-state index is -0.369. The van der Waals surface area contributed by atoms with Crippen molar-refractivity contribution in [3.63, 3.8) is 0 Å². The summed E-state index contributed by atoms with van der Waals surface area (Å²) in [5.74, 6) is 1.30. The van der Waals surface area contributed by atoms with Crippen LogP contribution in [0.2, 0.25) is 0 Å². The molecule has 1 unspecified atom stereocenters. The van der Waals surface area contributed by atoms with Gasteiger partial charge in [-0.1, -0.05) is 20.3 Å². The number of amides is 1. The van der Waals surface area contributed by atoms with Crippen molar-refractivity contribution in [2.45, 2.75) is 45.7 Å². The number of rotatable bonds is 7. The Balaban J connectivity index is 3.90. The lowest BCUT2D eigenvalue weighted by atomic mass is 9.99. The summed E-state index contributed by atoms with van der Waals surface area (Å²) in [6.45, 7) is 6.09. The van der Waals surface area contributed by atoms with Gasteiger partial charge in [-0.3, -0.25) is 4.79 Å². The van der Waals surface area contributed by atoms with Gasteiger partial charge in [0.15, 0.2) is 0 Å². The van der Waals surface area contributed by atoms with Gasteiger partial charge in [-0.05, 0) is 31.3 Å². The summed E-state index contributed by atoms with van der Waals surface area (Å²) in [4.78, 5) is 11.7. The molecule has 0 radical (unpaired) electrons. The van der Waals surface area contributed by atoms with E-state index in [2.05, 4.69) is 18.5 Å². The molecule has 0 aromatic rings. The molecule has 3 atom stereocenters. The van der Waals surface area contributed by atoms with Gasteiger partial charge in [-0.2, -0.15) is 11.8 Å². The Kier molecular flexibility index (Phi) is 7.88. The topological polar surface area (TPSA) is 55.1 Å². The van der Waals surface area contributed by atoms with Gasteiger partial charge in [0.2, 0.25) is 5.91 Å². The van der Waals surface area contributed by atoms with Crippen LogP contribution in [0.4, 0.5) is 0 Å². The van der Waals surface area contributed by atoms with Gasteiger partial charge in [0, 0.05) is 6.04 Å². The van der Waals surface area contributed by atoms with Crippen LogP contribution in [0.3, 0.4) is 0 Å². The van der Waals surface area contributed by atoms with Crippen LogP contribution in [0.25, 0.3) is 0 Å². The Hall–Kier alpha value is -0.220. The second kappa shape index (κ2) is 7.99. The van der Waals surface area contributed by atoms with Crippen LogP contribution < -0.4 is 11.1 Å². The maximum absolute atomic E-state index is 11.7. The second-order valence-electron chi connectivity index (χ2n) is 4.10. The number of carbonyl (C=O) groups excluding carboxylic acids is 1. The van der Waals surface area contributed by atoms with E-state index in [-0.39, 0.29) is 23.9 Å². The van der Waals surface area contributed by atoms with Gasteiger partial charge in [0.25, 0.3) is 0 Å². The van der Waals surface area contributed by atoms with E-state index in [4.69, 9.17) is 5.73 Å². The number of carbonyl (C=O) groups is 1. The third-order valence-electron chi connectivity index (χ3n) is 2.70. The molecule has 0 fully saturated rings. The average molecular weight is 232 g/mol. The van der Waals surface area contributed by atoms with Crippen molar-refractivity contribution in [3.05, 3.63) is 0 Å². The van der Waals surface area contributed by atoms with Crippen molar-refractivity contribution >= 4 is 17.7 Å². The highest BCUT2D eigenvalue weighted by Crippen LogP contribution is 2.06. The lowest BCUT2D eigenvalue weighted by Gasteiger charge is -2.20. The lowest BCUT2D eigenvalue weighted by Crippen LogP contribution is -2.47. The van der Waals surface area contributed by atoms with Crippen LogP contribution in [0.1, 0.15) is 33.6 Å². The number of nitrogens with two attached hydrogens (primary N) is 1. The first-order valence-corrected chi connectivity index (χ1v) is 6.97. The lowest BCUT2D eigenvalue weighted by molar-refractivity contribution is -0.124. The summed E-state index contributed by atoms with van der Waals surface area (Å²) in [6, 6.07) is -0.146. The number of thioether (sulfide) groups is 1. The summed E-state index contributed by atoms with van der Waals surface area (Å²) in [7, 11) is 0. The normalized spacial score (nSPS) is 16.9. The molecule has 0 aliphatic rings. The zero-order valence-corrected chi connectivity index (χ0v) is 11.1. The molecule has 0 bridgehead atoms. The highest BCUT2D eigenvalue weighted by Gasteiger charge is 2.20. The largest absolute Gasteiger partial charge is 0.352 e. The fraction of sp³-hybridized carbons (Fsp3) is 0.909. The molecule has 3 N–H and O–H groups in total. The molecule has 3 nitrogen and oxygen atoms in total. The van der Waals surface area contributed by atoms with E-state index in [0.717, 1.165) is 18.6 Å². The molecule has 0 aromatic heterocycles. The Labute approximate surface area is 97.6 Å². The second-order valence-corrected chi connectivity index (χ2v) is 5.09. The predicted molar refractivity (Wildman–Crippen MR) is 68.0 cm³/mol. The fourth-order valence-electron chi connectivity index (χ4n) is 1.22. The van der Waals surface area contributed by atoms with E-state index in [9.17, 15) is 4.79 Å². The predicted octanol–water partition coefficient (Wildman–Crippen LogP) is 1.62. The Morgan fingerprint density at radius 3 is 2.53 bits per heavy atom. The number of hydrogen-bond acceptors (Lipinski definition) is 3. The van der Waals surface area contributed by atoms with Crippen molar-refractivity contribution in [3.8, 4) is 0 Å². The summed E-state index contributed by atoms with van der Waals surface area (Å²) in [5, 5.41) is 2.95. The molecule has 0 spiro atoms. The van der Waals surface area contributed by atoms with Gasteiger partial charge in [0.05, 0.1) is 6.04 Å². The highest BCUT2D eigenvalue weighted by molar-refractivity contribution is 7.98. The summed E-state index contributed by atoms with van der Waals surface area (Å²) < 4.78 is 0. The van der Waals surface area contributed by atoms with Crippen LogP contribution in [-0.4, -0.2) is 30.0 Å². The molecule has 0 aliphatic heterocycles. The molecule has 0 aliphatic carbocycles. The van der Waals surface area contributed by atoms with Crippen molar-refractivity contribution in [2.75, 3.05) is 12.0 Å². The molecular weight excluding hydrogens is 208 g/mol. The minimum Gasteiger partial charge on any atom is -0.352 e. The first-order valence-electron chi connectivity index (χ1n) is 5.57. The van der Waals surface area contributed by atoms with Crippen LogP contribution >= 0.6 is 11.8 Å². The molecule has 90 valence electrons. The van der Waals surface area contributed by atoms with Crippen LogP contribution in [-0.2, 0) is 4.79 Å². The monoisotopic (exact) mass is 232 g/mol. The van der Waals surface area contributed by atoms with Gasteiger partial charge in [-0.25, -0.2) is 0 Å². The van der Waals surface area contributed by atoms with Gasteiger partial charge in [-0.15, -0.1) is 0 Å². The summed E-state index contributed by atoms with van der Waals surface area (Å²) in [5.41, 5.74) is 5.83. The van der Waals surface area contributed by atoms with Crippen molar-refractivity contribution in [1.29, 1.82) is 0 Å². The van der Waals surface area contributed by atoms with E-state index in [1.807, 2.05) is 13.8 Å². The molecule has 15 heavy (non-hydrogen) atoms. The SMILES string of the molecule is CC[C@H](C)[C@H](N)C(=O)NC(C)CCSC.